The fourth-order valence-electron chi connectivity index (χ4n) is 4.36. The molecule has 1 N–H and O–H groups in total. The maximum absolute atomic E-state index is 13.5. The van der Waals surface area contributed by atoms with E-state index in [1.54, 1.807) is 0 Å². The summed E-state index contributed by atoms with van der Waals surface area (Å²) in [7, 11) is 0. The Labute approximate surface area is 183 Å². The fourth-order valence-corrected chi connectivity index (χ4v) is 4.36. The zero-order valence-electron chi connectivity index (χ0n) is 19.4. The number of aryl methyl sites for hydroxylation is 1. The van der Waals surface area contributed by atoms with E-state index in [2.05, 4.69) is 35.6 Å². The summed E-state index contributed by atoms with van der Waals surface area (Å²) in [5.74, 6) is 1.94. The second-order valence-corrected chi connectivity index (χ2v) is 9.89. The molecule has 166 valence electrons. The number of hydrogen-bond acceptors (Lipinski definition) is 5. The minimum absolute atomic E-state index is 0.0150. The molecule has 0 bridgehead atoms. The average Bonchev–Trinajstić information content (AvgIpc) is 3.27. The van der Waals surface area contributed by atoms with Crippen molar-refractivity contribution in [2.24, 2.45) is 0 Å². The number of pyridine rings is 1. The van der Waals surface area contributed by atoms with E-state index in [9.17, 15) is 4.79 Å². The first-order valence-corrected chi connectivity index (χ1v) is 11.2. The zero-order valence-corrected chi connectivity index (χ0v) is 19.4. The average molecular weight is 424 g/mol. The molecule has 1 saturated heterocycles. The van der Waals surface area contributed by atoms with Crippen LogP contribution in [0.3, 0.4) is 0 Å². The van der Waals surface area contributed by atoms with Crippen LogP contribution in [0.15, 0.2) is 28.9 Å². The van der Waals surface area contributed by atoms with Gasteiger partial charge in [0.15, 0.2) is 0 Å². The van der Waals surface area contributed by atoms with Crippen molar-refractivity contribution in [3.05, 3.63) is 47.1 Å². The fraction of sp³-hybridized carbons (Fsp3) is 0.542. The molecule has 0 spiro atoms. The molecule has 0 aliphatic carbocycles. The molecule has 1 amide bonds. The van der Waals surface area contributed by atoms with Gasteiger partial charge in [0.05, 0.1) is 11.4 Å². The summed E-state index contributed by atoms with van der Waals surface area (Å²) in [6, 6.07) is 6.05. The third-order valence-electron chi connectivity index (χ3n) is 5.80. The molecule has 7 heteroatoms. The van der Waals surface area contributed by atoms with Crippen LogP contribution in [0.4, 0.5) is 5.82 Å². The van der Waals surface area contributed by atoms with Crippen molar-refractivity contribution in [2.45, 2.75) is 71.8 Å². The molecular weight excluding hydrogens is 390 g/mol. The molecule has 1 atom stereocenters. The van der Waals surface area contributed by atoms with E-state index in [1.165, 1.54) is 0 Å². The molecule has 3 aromatic heterocycles. The normalized spacial score (nSPS) is 17.5. The van der Waals surface area contributed by atoms with Gasteiger partial charge >= 0.3 is 0 Å². The van der Waals surface area contributed by atoms with Gasteiger partial charge in [-0.25, -0.2) is 4.98 Å². The molecular formula is C24H33N5O2. The van der Waals surface area contributed by atoms with Crippen molar-refractivity contribution in [1.82, 2.24) is 19.4 Å². The van der Waals surface area contributed by atoms with Crippen molar-refractivity contribution in [3.8, 4) is 0 Å². The first-order valence-electron chi connectivity index (χ1n) is 11.2. The van der Waals surface area contributed by atoms with Crippen molar-refractivity contribution >= 4 is 17.4 Å². The van der Waals surface area contributed by atoms with Gasteiger partial charge in [-0.2, -0.15) is 0 Å². The van der Waals surface area contributed by atoms with Gasteiger partial charge in [0.25, 0.3) is 5.91 Å². The second kappa shape index (κ2) is 8.02. The number of carbonyl (C=O) groups is 1. The van der Waals surface area contributed by atoms with E-state index in [4.69, 9.17) is 9.51 Å². The number of aromatic nitrogens is 3. The first-order chi connectivity index (χ1) is 14.7. The van der Waals surface area contributed by atoms with Gasteiger partial charge < -0.3 is 14.7 Å². The Bertz CT molecular complexity index is 1090. The Morgan fingerprint density at radius 2 is 2.06 bits per heavy atom. The Morgan fingerprint density at radius 3 is 2.77 bits per heavy atom. The van der Waals surface area contributed by atoms with Gasteiger partial charge in [-0.1, -0.05) is 25.1 Å². The smallest absolute Gasteiger partial charge is 0.259 e. The molecule has 0 unspecified atom stereocenters. The number of fused-ring (bicyclic) bond motifs is 1. The molecule has 3 aromatic rings. The van der Waals surface area contributed by atoms with Gasteiger partial charge in [-0.15, -0.1) is 0 Å². The molecule has 0 aromatic carbocycles. The number of hydrogen-bond donors (Lipinski definition) is 1. The number of anilines is 1. The highest BCUT2D eigenvalue weighted by Gasteiger charge is 2.33. The van der Waals surface area contributed by atoms with E-state index in [-0.39, 0.29) is 23.3 Å². The number of nitrogens with zero attached hydrogens (tertiary/aromatic N) is 4. The SMILES string of the molecule is Cc1onc(C(C)C)c1C(=O)N1CCC[C@@H](c2nc3ccccn3c2NC(C)(C)C)C1. The standard InChI is InChI=1S/C24H33N5O2/c1-15(2)20-19(16(3)31-27-20)23(30)28-12-9-10-17(14-28)21-22(26-24(4,5)6)29-13-8-7-11-18(29)25-21/h7-8,11,13,15,17,26H,9-10,12,14H2,1-6H3/t17-/m1/s1. The number of carbonyl (C=O) groups excluding carboxylic acids is 1. The minimum Gasteiger partial charge on any atom is -0.365 e. The molecule has 4 rings (SSSR count). The van der Waals surface area contributed by atoms with Crippen LogP contribution >= 0.6 is 0 Å². The summed E-state index contributed by atoms with van der Waals surface area (Å²) in [4.78, 5) is 20.4. The van der Waals surface area contributed by atoms with Crippen molar-refractivity contribution < 1.29 is 9.32 Å². The highest BCUT2D eigenvalue weighted by Crippen LogP contribution is 2.35. The maximum Gasteiger partial charge on any atom is 0.259 e. The van der Waals surface area contributed by atoms with Gasteiger partial charge in [0.1, 0.15) is 22.8 Å². The number of likely N-dealkylation sites (tertiary alicyclic amines) is 1. The van der Waals surface area contributed by atoms with E-state index < -0.39 is 0 Å². The molecule has 31 heavy (non-hydrogen) atoms. The molecule has 4 heterocycles. The van der Waals surface area contributed by atoms with Gasteiger partial charge in [-0.05, 0) is 58.6 Å². The van der Waals surface area contributed by atoms with Crippen LogP contribution < -0.4 is 5.32 Å². The van der Waals surface area contributed by atoms with E-state index >= 15 is 0 Å². The van der Waals surface area contributed by atoms with E-state index in [1.807, 2.05) is 50.1 Å². The molecule has 1 fully saturated rings. The monoisotopic (exact) mass is 423 g/mol. The minimum atomic E-state index is -0.101. The summed E-state index contributed by atoms with van der Waals surface area (Å²) in [5.41, 5.74) is 3.22. The number of amides is 1. The largest absolute Gasteiger partial charge is 0.365 e. The number of rotatable bonds is 4. The third-order valence-corrected chi connectivity index (χ3v) is 5.80. The highest BCUT2D eigenvalue weighted by atomic mass is 16.5. The lowest BCUT2D eigenvalue weighted by molar-refractivity contribution is 0.0703. The van der Waals surface area contributed by atoms with Crippen LogP contribution in [0.2, 0.25) is 0 Å². The summed E-state index contributed by atoms with van der Waals surface area (Å²) >= 11 is 0. The lowest BCUT2D eigenvalue weighted by atomic mass is 9.93. The van der Waals surface area contributed by atoms with Gasteiger partial charge in [0, 0.05) is 30.7 Å². The topological polar surface area (TPSA) is 75.7 Å². The van der Waals surface area contributed by atoms with E-state index in [0.29, 0.717) is 17.9 Å². The molecule has 1 aliphatic heterocycles. The van der Waals surface area contributed by atoms with Crippen molar-refractivity contribution in [3.63, 3.8) is 0 Å². The van der Waals surface area contributed by atoms with Crippen LogP contribution in [0, 0.1) is 6.92 Å². The number of imidazole rings is 1. The van der Waals surface area contributed by atoms with Crippen molar-refractivity contribution in [1.29, 1.82) is 0 Å². The molecule has 1 aliphatic rings. The maximum atomic E-state index is 13.5. The second-order valence-electron chi connectivity index (χ2n) is 9.89. The van der Waals surface area contributed by atoms with Crippen LogP contribution in [-0.2, 0) is 0 Å². The summed E-state index contributed by atoms with van der Waals surface area (Å²) in [6.07, 6.45) is 3.99. The molecule has 0 saturated carbocycles. The summed E-state index contributed by atoms with van der Waals surface area (Å²) in [6.45, 7) is 13.7. The summed E-state index contributed by atoms with van der Waals surface area (Å²) in [5, 5.41) is 7.79. The van der Waals surface area contributed by atoms with Gasteiger partial charge in [0.2, 0.25) is 0 Å². The summed E-state index contributed by atoms with van der Waals surface area (Å²) < 4.78 is 7.48. The Balaban J connectivity index is 1.67. The Morgan fingerprint density at radius 1 is 1.29 bits per heavy atom. The van der Waals surface area contributed by atoms with Crippen LogP contribution in [0.25, 0.3) is 5.65 Å². The van der Waals surface area contributed by atoms with Crippen molar-refractivity contribution in [2.75, 3.05) is 18.4 Å². The zero-order chi connectivity index (χ0) is 22.3. The third kappa shape index (κ3) is 4.18. The predicted molar refractivity (Wildman–Crippen MR) is 122 cm³/mol. The predicted octanol–water partition coefficient (Wildman–Crippen LogP) is 4.98. The van der Waals surface area contributed by atoms with E-state index in [0.717, 1.165) is 42.2 Å². The lowest BCUT2D eigenvalue weighted by Gasteiger charge is -2.33. The Hall–Kier alpha value is -2.83. The number of piperidine rings is 1. The molecule has 7 nitrogen and oxygen atoms in total. The first kappa shape index (κ1) is 21.4. The molecule has 0 radical (unpaired) electrons. The van der Waals surface area contributed by atoms with Crippen LogP contribution in [-0.4, -0.2) is 44.0 Å². The van der Waals surface area contributed by atoms with Crippen LogP contribution in [0.1, 0.15) is 86.8 Å². The Kier molecular flexibility index (Phi) is 5.54. The lowest BCUT2D eigenvalue weighted by Crippen LogP contribution is -2.40. The highest BCUT2D eigenvalue weighted by molar-refractivity contribution is 5.96. The van der Waals surface area contributed by atoms with Crippen LogP contribution in [0.5, 0.6) is 0 Å². The number of nitrogens with one attached hydrogen (secondary N) is 1. The van der Waals surface area contributed by atoms with Gasteiger partial charge in [-0.3, -0.25) is 9.20 Å². The quantitative estimate of drug-likeness (QED) is 0.640.